The molecule has 1 aromatic heterocycles. The fraction of sp³-hybridized carbons (Fsp3) is 0.412. The lowest BCUT2D eigenvalue weighted by atomic mass is 10.1. The van der Waals surface area contributed by atoms with Crippen LogP contribution < -0.4 is 10.4 Å². The molecule has 0 atom stereocenters. The van der Waals surface area contributed by atoms with Crippen molar-refractivity contribution in [1.29, 1.82) is 0 Å². The summed E-state index contributed by atoms with van der Waals surface area (Å²) in [5.74, 6) is 0.426. The Morgan fingerprint density at radius 2 is 2.05 bits per heavy atom. The Kier molecular flexibility index (Phi) is 4.13. The fourth-order valence-corrected chi connectivity index (χ4v) is 2.64. The van der Waals surface area contributed by atoms with Gasteiger partial charge < -0.3 is 14.1 Å². The first kappa shape index (κ1) is 14.6. The predicted molar refractivity (Wildman–Crippen MR) is 83.4 cm³/mol. The third-order valence-electron chi connectivity index (χ3n) is 3.80. The molecule has 5 heteroatoms. The molecule has 0 spiro atoms. The average molecular weight is 301 g/mol. The Balaban J connectivity index is 1.94. The van der Waals surface area contributed by atoms with E-state index in [2.05, 4.69) is 0 Å². The number of ether oxygens (including phenoxy) is 1. The van der Waals surface area contributed by atoms with E-state index in [1.54, 1.807) is 17.0 Å². The van der Waals surface area contributed by atoms with Crippen LogP contribution in [0.25, 0.3) is 11.0 Å². The van der Waals surface area contributed by atoms with Crippen molar-refractivity contribution in [2.75, 3.05) is 19.7 Å². The van der Waals surface area contributed by atoms with E-state index < -0.39 is 5.63 Å². The molecule has 1 saturated heterocycles. The molecule has 2 aromatic rings. The number of nitrogens with zero attached hydrogens (tertiary/aromatic N) is 1. The van der Waals surface area contributed by atoms with Gasteiger partial charge in [-0.25, -0.2) is 4.79 Å². The average Bonchev–Trinajstić information content (AvgIpc) is 3.05. The van der Waals surface area contributed by atoms with Gasteiger partial charge in [-0.15, -0.1) is 0 Å². The number of benzene rings is 1. The third-order valence-corrected chi connectivity index (χ3v) is 3.80. The summed E-state index contributed by atoms with van der Waals surface area (Å²) >= 11 is 0. The molecule has 0 unspecified atom stereocenters. The van der Waals surface area contributed by atoms with Gasteiger partial charge in [-0.3, -0.25) is 4.79 Å². The van der Waals surface area contributed by atoms with Gasteiger partial charge in [0.15, 0.2) is 0 Å². The molecule has 2 heterocycles. The van der Waals surface area contributed by atoms with Gasteiger partial charge in [-0.2, -0.15) is 0 Å². The molecule has 5 nitrogen and oxygen atoms in total. The number of amides is 1. The SMILES string of the molecule is CCCOc1ccc2cc(C(=O)N3CCCC3)c(=O)oc2c1. The van der Waals surface area contributed by atoms with Crippen molar-refractivity contribution >= 4 is 16.9 Å². The van der Waals surface area contributed by atoms with Crippen molar-refractivity contribution < 1.29 is 13.9 Å². The molecule has 0 bridgehead atoms. The van der Waals surface area contributed by atoms with E-state index in [1.807, 2.05) is 19.1 Å². The highest BCUT2D eigenvalue weighted by atomic mass is 16.5. The Morgan fingerprint density at radius 1 is 1.27 bits per heavy atom. The summed E-state index contributed by atoms with van der Waals surface area (Å²) in [7, 11) is 0. The molecule has 0 radical (unpaired) electrons. The molecule has 0 saturated carbocycles. The minimum atomic E-state index is -0.586. The maximum absolute atomic E-state index is 12.4. The second-order valence-corrected chi connectivity index (χ2v) is 5.49. The van der Waals surface area contributed by atoms with Gasteiger partial charge in [0, 0.05) is 24.5 Å². The van der Waals surface area contributed by atoms with Crippen LogP contribution in [0.5, 0.6) is 5.75 Å². The van der Waals surface area contributed by atoms with Crippen LogP contribution in [0.3, 0.4) is 0 Å². The smallest absolute Gasteiger partial charge is 0.349 e. The predicted octanol–water partition coefficient (Wildman–Crippen LogP) is 2.82. The van der Waals surface area contributed by atoms with Crippen molar-refractivity contribution in [2.24, 2.45) is 0 Å². The monoisotopic (exact) mass is 301 g/mol. The number of likely N-dealkylation sites (tertiary alicyclic amines) is 1. The van der Waals surface area contributed by atoms with Crippen LogP contribution >= 0.6 is 0 Å². The highest BCUT2D eigenvalue weighted by molar-refractivity contribution is 5.96. The van der Waals surface area contributed by atoms with Crippen molar-refractivity contribution in [3.05, 3.63) is 40.2 Å². The van der Waals surface area contributed by atoms with Gasteiger partial charge in [0.2, 0.25) is 0 Å². The summed E-state index contributed by atoms with van der Waals surface area (Å²) in [6, 6.07) is 6.94. The van der Waals surface area contributed by atoms with Crippen molar-refractivity contribution in [1.82, 2.24) is 4.90 Å². The highest BCUT2D eigenvalue weighted by Gasteiger charge is 2.23. The van der Waals surface area contributed by atoms with Crippen molar-refractivity contribution in [3.63, 3.8) is 0 Å². The molecule has 1 aromatic carbocycles. The third kappa shape index (κ3) is 2.84. The number of fused-ring (bicyclic) bond motifs is 1. The number of carbonyl (C=O) groups is 1. The number of hydrogen-bond acceptors (Lipinski definition) is 4. The molecule has 1 fully saturated rings. The first-order valence-corrected chi connectivity index (χ1v) is 7.69. The molecule has 0 aliphatic carbocycles. The molecule has 3 rings (SSSR count). The summed E-state index contributed by atoms with van der Waals surface area (Å²) in [5, 5.41) is 0.728. The first-order valence-electron chi connectivity index (χ1n) is 7.69. The van der Waals surface area contributed by atoms with Gasteiger partial charge in [0.05, 0.1) is 6.61 Å². The zero-order valence-corrected chi connectivity index (χ0v) is 12.6. The van der Waals surface area contributed by atoms with Gasteiger partial charge in [0.1, 0.15) is 16.9 Å². The van der Waals surface area contributed by atoms with E-state index in [0.29, 0.717) is 31.0 Å². The summed E-state index contributed by atoms with van der Waals surface area (Å²) in [5.41, 5.74) is -0.0368. The lowest BCUT2D eigenvalue weighted by Gasteiger charge is -2.14. The molecule has 0 N–H and O–H groups in total. The topological polar surface area (TPSA) is 59.8 Å². The van der Waals surface area contributed by atoms with Crippen LogP contribution in [0, 0.1) is 0 Å². The molecular weight excluding hydrogens is 282 g/mol. The lowest BCUT2D eigenvalue weighted by molar-refractivity contribution is 0.0789. The molecule has 116 valence electrons. The van der Waals surface area contributed by atoms with E-state index in [0.717, 1.165) is 24.6 Å². The van der Waals surface area contributed by atoms with Crippen LogP contribution in [0.1, 0.15) is 36.5 Å². The second-order valence-electron chi connectivity index (χ2n) is 5.49. The summed E-state index contributed by atoms with van der Waals surface area (Å²) in [6.45, 7) is 4.05. The van der Waals surface area contributed by atoms with Crippen molar-refractivity contribution in [3.8, 4) is 5.75 Å². The zero-order chi connectivity index (χ0) is 15.5. The summed E-state index contributed by atoms with van der Waals surface area (Å²) < 4.78 is 10.8. The van der Waals surface area contributed by atoms with E-state index in [1.165, 1.54) is 0 Å². The number of hydrogen-bond donors (Lipinski definition) is 0. The molecule has 1 aliphatic heterocycles. The van der Waals surface area contributed by atoms with E-state index in [9.17, 15) is 9.59 Å². The number of rotatable bonds is 4. The second kappa shape index (κ2) is 6.22. The van der Waals surface area contributed by atoms with Gasteiger partial charge in [0.25, 0.3) is 5.91 Å². The van der Waals surface area contributed by atoms with Crippen LogP contribution in [0.2, 0.25) is 0 Å². The Morgan fingerprint density at radius 3 is 2.77 bits per heavy atom. The largest absolute Gasteiger partial charge is 0.493 e. The molecule has 22 heavy (non-hydrogen) atoms. The normalized spacial score (nSPS) is 14.5. The van der Waals surface area contributed by atoms with Gasteiger partial charge >= 0.3 is 5.63 Å². The summed E-state index contributed by atoms with van der Waals surface area (Å²) in [4.78, 5) is 26.2. The van der Waals surface area contributed by atoms with Gasteiger partial charge in [-0.05, 0) is 37.5 Å². The molecule has 1 aliphatic rings. The van der Waals surface area contributed by atoms with E-state index in [-0.39, 0.29) is 11.5 Å². The maximum Gasteiger partial charge on any atom is 0.349 e. The minimum Gasteiger partial charge on any atom is -0.493 e. The van der Waals surface area contributed by atoms with Gasteiger partial charge in [-0.1, -0.05) is 6.92 Å². The van der Waals surface area contributed by atoms with E-state index >= 15 is 0 Å². The Labute approximate surface area is 128 Å². The first-order chi connectivity index (χ1) is 10.7. The van der Waals surface area contributed by atoms with Crippen LogP contribution in [-0.2, 0) is 0 Å². The Bertz CT molecular complexity index is 744. The maximum atomic E-state index is 12.4. The molecule has 1 amide bonds. The van der Waals surface area contributed by atoms with Crippen LogP contribution in [-0.4, -0.2) is 30.5 Å². The fourth-order valence-electron chi connectivity index (χ4n) is 2.64. The van der Waals surface area contributed by atoms with Crippen molar-refractivity contribution in [2.45, 2.75) is 26.2 Å². The summed E-state index contributed by atoms with van der Waals surface area (Å²) in [6.07, 6.45) is 2.89. The van der Waals surface area contributed by atoms with Crippen LogP contribution in [0.15, 0.2) is 33.5 Å². The standard InChI is InChI=1S/C17H19NO4/c1-2-9-21-13-6-5-12-10-14(17(20)22-15(12)11-13)16(19)18-7-3-4-8-18/h5-6,10-11H,2-4,7-9H2,1H3. The molecular formula is C17H19NO4. The highest BCUT2D eigenvalue weighted by Crippen LogP contribution is 2.21. The minimum absolute atomic E-state index is 0.108. The van der Waals surface area contributed by atoms with E-state index in [4.69, 9.17) is 9.15 Å². The quantitative estimate of drug-likeness (QED) is 0.815. The lowest BCUT2D eigenvalue weighted by Crippen LogP contribution is -2.31. The Hall–Kier alpha value is -2.30. The zero-order valence-electron chi connectivity index (χ0n) is 12.6. The van der Waals surface area contributed by atoms with Crippen LogP contribution in [0.4, 0.5) is 0 Å². The number of carbonyl (C=O) groups excluding carboxylic acids is 1.